The molecule has 0 spiro atoms. The molecule has 1 aromatic carbocycles. The third-order valence-electron chi connectivity index (χ3n) is 3.13. The second-order valence-electron chi connectivity index (χ2n) is 4.81. The number of Topliss-reactive ketones (excluding diaryl/α,β-unsaturated/α-hetero) is 1. The number of hydrogen-bond donors (Lipinski definition) is 1. The quantitative estimate of drug-likeness (QED) is 0.726. The first-order valence-corrected chi connectivity index (χ1v) is 6.87. The molecule has 1 N–H and O–H groups in total. The van der Waals surface area contributed by atoms with Gasteiger partial charge in [0, 0.05) is 12.8 Å². The molecule has 0 fully saturated rings. The summed E-state index contributed by atoms with van der Waals surface area (Å²) in [7, 11) is 0. The Morgan fingerprint density at radius 2 is 2.16 bits per heavy atom. The van der Waals surface area contributed by atoms with E-state index in [0.717, 1.165) is 25.7 Å². The highest BCUT2D eigenvalue weighted by molar-refractivity contribution is 5.79. The highest BCUT2D eigenvalue weighted by atomic mass is 16.3. The van der Waals surface area contributed by atoms with E-state index < -0.39 is 6.10 Å². The van der Waals surface area contributed by atoms with Crippen LogP contribution in [0.1, 0.15) is 62.7 Å². The van der Waals surface area contributed by atoms with Crippen LogP contribution in [0.15, 0.2) is 24.3 Å². The Morgan fingerprint density at radius 1 is 1.37 bits per heavy atom. The molecule has 1 rings (SSSR count). The Morgan fingerprint density at radius 3 is 2.84 bits per heavy atom. The molecule has 0 aliphatic rings. The molecule has 3 nitrogen and oxygen atoms in total. The summed E-state index contributed by atoms with van der Waals surface area (Å²) in [6.45, 7) is 2.13. The second-order valence-corrected chi connectivity index (χ2v) is 4.81. The van der Waals surface area contributed by atoms with Crippen molar-refractivity contribution in [3.8, 4) is 6.07 Å². The van der Waals surface area contributed by atoms with Gasteiger partial charge in [-0.25, -0.2) is 0 Å². The molecule has 0 aromatic heterocycles. The smallest absolute Gasteiger partial charge is 0.135 e. The summed E-state index contributed by atoms with van der Waals surface area (Å²) in [5, 5.41) is 18.8. The zero-order valence-corrected chi connectivity index (χ0v) is 11.4. The van der Waals surface area contributed by atoms with Crippen LogP contribution >= 0.6 is 0 Å². The first-order chi connectivity index (χ1) is 9.17. The first kappa shape index (κ1) is 15.4. The van der Waals surface area contributed by atoms with E-state index in [4.69, 9.17) is 5.26 Å². The van der Waals surface area contributed by atoms with Crippen molar-refractivity contribution in [3.05, 3.63) is 35.4 Å². The first-order valence-electron chi connectivity index (χ1n) is 6.87. The van der Waals surface area contributed by atoms with Crippen molar-refractivity contribution < 1.29 is 9.90 Å². The Hall–Kier alpha value is -1.66. The fraction of sp³-hybridized carbons (Fsp3) is 0.500. The predicted molar refractivity (Wildman–Crippen MR) is 74.5 cm³/mol. The van der Waals surface area contributed by atoms with Gasteiger partial charge in [-0.05, 0) is 24.1 Å². The maximum Gasteiger partial charge on any atom is 0.135 e. The van der Waals surface area contributed by atoms with Crippen molar-refractivity contribution in [1.29, 1.82) is 5.26 Å². The van der Waals surface area contributed by atoms with Gasteiger partial charge in [0.1, 0.15) is 5.78 Å². The van der Waals surface area contributed by atoms with Gasteiger partial charge in [-0.1, -0.05) is 38.3 Å². The summed E-state index contributed by atoms with van der Waals surface area (Å²) in [6, 6.07) is 8.82. The zero-order chi connectivity index (χ0) is 14.1. The summed E-state index contributed by atoms with van der Waals surface area (Å²) in [4.78, 5) is 11.7. The van der Waals surface area contributed by atoms with E-state index in [0.29, 0.717) is 17.5 Å². The SMILES string of the molecule is CCCCCCC(=O)C[C@@H](O)c1cccc(C#N)c1. The summed E-state index contributed by atoms with van der Waals surface area (Å²) in [6.07, 6.45) is 4.15. The molecule has 19 heavy (non-hydrogen) atoms. The van der Waals surface area contributed by atoms with E-state index in [1.165, 1.54) is 0 Å². The van der Waals surface area contributed by atoms with Gasteiger partial charge >= 0.3 is 0 Å². The van der Waals surface area contributed by atoms with Crippen LogP contribution in [-0.4, -0.2) is 10.9 Å². The van der Waals surface area contributed by atoms with Crippen molar-refractivity contribution in [2.24, 2.45) is 0 Å². The molecular formula is C16H21NO2. The lowest BCUT2D eigenvalue weighted by atomic mass is 10.00. The minimum Gasteiger partial charge on any atom is -0.388 e. The highest BCUT2D eigenvalue weighted by Gasteiger charge is 2.13. The minimum absolute atomic E-state index is 0.0889. The number of rotatable bonds is 8. The summed E-state index contributed by atoms with van der Waals surface area (Å²) in [5.74, 6) is 0.0889. The Bertz CT molecular complexity index is 448. The molecule has 1 atom stereocenters. The molecule has 3 heteroatoms. The van der Waals surface area contributed by atoms with Gasteiger partial charge in [0.15, 0.2) is 0 Å². The standard InChI is InChI=1S/C16H21NO2/c1-2-3-4-5-9-15(18)11-16(19)14-8-6-7-13(10-14)12-17/h6-8,10,16,19H,2-5,9,11H2,1H3/t16-/m1/s1. The monoisotopic (exact) mass is 259 g/mol. The van der Waals surface area contributed by atoms with Gasteiger partial charge in [-0.15, -0.1) is 0 Å². The van der Waals surface area contributed by atoms with Crippen molar-refractivity contribution in [3.63, 3.8) is 0 Å². The molecule has 102 valence electrons. The van der Waals surface area contributed by atoms with Crippen LogP contribution in [0.25, 0.3) is 0 Å². The Balaban J connectivity index is 2.43. The van der Waals surface area contributed by atoms with E-state index >= 15 is 0 Å². The summed E-state index contributed by atoms with van der Waals surface area (Å²) >= 11 is 0. The van der Waals surface area contributed by atoms with Crippen molar-refractivity contribution in [2.75, 3.05) is 0 Å². The van der Waals surface area contributed by atoms with E-state index in [1.54, 1.807) is 24.3 Å². The highest BCUT2D eigenvalue weighted by Crippen LogP contribution is 2.19. The van der Waals surface area contributed by atoms with Crippen LogP contribution in [0.4, 0.5) is 0 Å². The Kier molecular flexibility index (Phi) is 6.84. The number of carbonyl (C=O) groups excluding carboxylic acids is 1. The zero-order valence-electron chi connectivity index (χ0n) is 11.4. The fourth-order valence-corrected chi connectivity index (χ4v) is 2.00. The number of nitriles is 1. The number of benzene rings is 1. The van der Waals surface area contributed by atoms with Crippen LogP contribution in [0.5, 0.6) is 0 Å². The lowest BCUT2D eigenvalue weighted by Gasteiger charge is -2.10. The Labute approximate surface area is 114 Å². The minimum atomic E-state index is -0.799. The average molecular weight is 259 g/mol. The predicted octanol–water partition coefficient (Wildman–Crippen LogP) is 3.52. The number of aliphatic hydroxyl groups is 1. The van der Waals surface area contributed by atoms with Crippen LogP contribution in [0.3, 0.4) is 0 Å². The molecule has 0 aliphatic carbocycles. The van der Waals surface area contributed by atoms with Crippen LogP contribution < -0.4 is 0 Å². The van der Waals surface area contributed by atoms with Crippen molar-refractivity contribution >= 4 is 5.78 Å². The number of unbranched alkanes of at least 4 members (excludes halogenated alkanes) is 3. The lowest BCUT2D eigenvalue weighted by molar-refractivity contribution is -0.121. The number of ketones is 1. The molecule has 0 amide bonds. The fourth-order valence-electron chi connectivity index (χ4n) is 2.00. The van der Waals surface area contributed by atoms with Gasteiger partial charge in [0.05, 0.1) is 17.7 Å². The molecule has 0 unspecified atom stereocenters. The topological polar surface area (TPSA) is 61.1 Å². The van der Waals surface area contributed by atoms with Gasteiger partial charge in [0.2, 0.25) is 0 Å². The number of hydrogen-bond acceptors (Lipinski definition) is 3. The van der Waals surface area contributed by atoms with Gasteiger partial charge < -0.3 is 5.11 Å². The second kappa shape index (κ2) is 8.44. The van der Waals surface area contributed by atoms with E-state index in [2.05, 4.69) is 6.92 Å². The van der Waals surface area contributed by atoms with Gasteiger partial charge in [-0.2, -0.15) is 5.26 Å². The number of carbonyl (C=O) groups is 1. The third kappa shape index (κ3) is 5.67. The van der Waals surface area contributed by atoms with Gasteiger partial charge in [-0.3, -0.25) is 4.79 Å². The van der Waals surface area contributed by atoms with Crippen LogP contribution in [0, 0.1) is 11.3 Å². The van der Waals surface area contributed by atoms with Gasteiger partial charge in [0.25, 0.3) is 0 Å². The van der Waals surface area contributed by atoms with Crippen LogP contribution in [-0.2, 0) is 4.79 Å². The van der Waals surface area contributed by atoms with Crippen molar-refractivity contribution in [2.45, 2.75) is 51.6 Å². The lowest BCUT2D eigenvalue weighted by Crippen LogP contribution is -2.06. The summed E-state index contributed by atoms with van der Waals surface area (Å²) in [5.41, 5.74) is 1.15. The molecule has 0 saturated heterocycles. The largest absolute Gasteiger partial charge is 0.388 e. The number of nitrogens with zero attached hydrogens (tertiary/aromatic N) is 1. The van der Waals surface area contributed by atoms with Crippen LogP contribution in [0.2, 0.25) is 0 Å². The maximum atomic E-state index is 11.7. The maximum absolute atomic E-state index is 11.7. The molecular weight excluding hydrogens is 238 g/mol. The molecule has 0 radical (unpaired) electrons. The van der Waals surface area contributed by atoms with E-state index in [-0.39, 0.29) is 12.2 Å². The molecule has 0 aliphatic heterocycles. The number of aliphatic hydroxyl groups excluding tert-OH is 1. The van der Waals surface area contributed by atoms with E-state index in [1.807, 2.05) is 6.07 Å². The molecule has 0 saturated carbocycles. The van der Waals surface area contributed by atoms with E-state index in [9.17, 15) is 9.90 Å². The molecule has 1 aromatic rings. The normalized spacial score (nSPS) is 11.8. The third-order valence-corrected chi connectivity index (χ3v) is 3.13. The summed E-state index contributed by atoms with van der Waals surface area (Å²) < 4.78 is 0. The molecule has 0 heterocycles. The average Bonchev–Trinajstić information content (AvgIpc) is 2.43. The molecule has 0 bridgehead atoms. The van der Waals surface area contributed by atoms with Crippen molar-refractivity contribution in [1.82, 2.24) is 0 Å².